The van der Waals surface area contributed by atoms with Gasteiger partial charge in [-0.2, -0.15) is 0 Å². The molecule has 0 saturated carbocycles. The Morgan fingerprint density at radius 2 is 2.25 bits per heavy atom. The zero-order valence-corrected chi connectivity index (χ0v) is 10.1. The molecule has 1 aromatic rings. The van der Waals surface area contributed by atoms with Crippen molar-refractivity contribution in [1.82, 2.24) is 4.98 Å². The number of hydrogen-bond donors (Lipinski definition) is 0. The Kier molecular flexibility index (Phi) is 4.23. The molecule has 0 spiro atoms. The third-order valence-electron chi connectivity index (χ3n) is 2.40. The number of rotatable bonds is 5. The molecule has 0 aliphatic heterocycles. The molecule has 1 rings (SSSR count). The number of carbonyl (C=O) groups is 1. The minimum absolute atomic E-state index is 0.0406. The number of pyridine rings is 1. The van der Waals surface area contributed by atoms with Gasteiger partial charge in [-0.05, 0) is 32.9 Å². The summed E-state index contributed by atoms with van der Waals surface area (Å²) in [6.07, 6.45) is 3.47. The van der Waals surface area contributed by atoms with E-state index in [2.05, 4.69) is 30.3 Å². The fourth-order valence-corrected chi connectivity index (χ4v) is 1.47. The Labute approximate surface area is 96.8 Å². The molecule has 0 aromatic carbocycles. The largest absolute Gasteiger partial charge is 0.350 e. The molecule has 0 saturated heterocycles. The lowest BCUT2D eigenvalue weighted by Gasteiger charge is -2.26. The maximum atomic E-state index is 11.1. The Morgan fingerprint density at radius 3 is 2.62 bits per heavy atom. The molecule has 0 aliphatic carbocycles. The summed E-state index contributed by atoms with van der Waals surface area (Å²) in [5, 5.41) is 0. The molecule has 0 unspecified atom stereocenters. The van der Waals surface area contributed by atoms with E-state index in [-0.39, 0.29) is 5.78 Å². The molecule has 1 heterocycles. The van der Waals surface area contributed by atoms with Crippen LogP contribution < -0.4 is 4.90 Å². The molecule has 86 valence electrons. The zero-order chi connectivity index (χ0) is 12.1. The van der Waals surface area contributed by atoms with Gasteiger partial charge in [0.15, 0.2) is 5.78 Å². The average Bonchev–Trinajstić information content (AvgIpc) is 2.25. The number of Topliss-reactive ketones (excluding diaryl/α,β-unsaturated/α-hetero) is 1. The van der Waals surface area contributed by atoms with Gasteiger partial charge < -0.3 is 4.90 Å². The molecule has 3 nitrogen and oxygen atoms in total. The predicted octanol–water partition coefficient (Wildman–Crippen LogP) is 2.69. The van der Waals surface area contributed by atoms with Gasteiger partial charge in [0.1, 0.15) is 5.82 Å². The van der Waals surface area contributed by atoms with Gasteiger partial charge in [0.05, 0.1) is 0 Å². The minimum atomic E-state index is 0.0406. The van der Waals surface area contributed by atoms with Gasteiger partial charge in [-0.3, -0.25) is 4.79 Å². The summed E-state index contributed by atoms with van der Waals surface area (Å²) in [7, 11) is 0. The lowest BCUT2D eigenvalue weighted by molar-refractivity contribution is 0.101. The molecule has 0 atom stereocenters. The second kappa shape index (κ2) is 5.45. The van der Waals surface area contributed by atoms with E-state index in [1.54, 1.807) is 13.1 Å². The fraction of sp³-hybridized carbons (Fsp3) is 0.385. The van der Waals surface area contributed by atoms with Crippen molar-refractivity contribution in [2.24, 2.45) is 0 Å². The molecule has 0 radical (unpaired) electrons. The van der Waals surface area contributed by atoms with Crippen molar-refractivity contribution in [3.63, 3.8) is 0 Å². The highest BCUT2D eigenvalue weighted by Crippen LogP contribution is 2.14. The van der Waals surface area contributed by atoms with Gasteiger partial charge >= 0.3 is 0 Å². The van der Waals surface area contributed by atoms with E-state index in [4.69, 9.17) is 0 Å². The summed E-state index contributed by atoms with van der Waals surface area (Å²) in [5.41, 5.74) is 0.644. The third-order valence-corrected chi connectivity index (χ3v) is 2.40. The first kappa shape index (κ1) is 12.4. The molecule has 0 amide bonds. The molecule has 0 aliphatic rings. The van der Waals surface area contributed by atoms with Crippen LogP contribution in [0.5, 0.6) is 0 Å². The number of anilines is 1. The van der Waals surface area contributed by atoms with Crippen LogP contribution in [0.25, 0.3) is 0 Å². The maximum Gasteiger partial charge on any atom is 0.161 e. The molecule has 1 aromatic heterocycles. The van der Waals surface area contributed by atoms with Crippen molar-refractivity contribution in [3.05, 3.63) is 36.5 Å². The molecule has 0 bridgehead atoms. The van der Waals surface area contributed by atoms with Crippen LogP contribution in [0.15, 0.2) is 31.0 Å². The zero-order valence-electron chi connectivity index (χ0n) is 10.1. The Morgan fingerprint density at radius 1 is 1.56 bits per heavy atom. The molecular weight excluding hydrogens is 200 g/mol. The van der Waals surface area contributed by atoms with Gasteiger partial charge in [0.25, 0.3) is 0 Å². The van der Waals surface area contributed by atoms with Crippen molar-refractivity contribution in [2.75, 3.05) is 11.4 Å². The van der Waals surface area contributed by atoms with E-state index in [0.29, 0.717) is 11.6 Å². The highest BCUT2D eigenvalue weighted by atomic mass is 16.1. The number of hydrogen-bond acceptors (Lipinski definition) is 3. The molecular formula is C13H18N2O. The van der Waals surface area contributed by atoms with Crippen LogP contribution in [-0.4, -0.2) is 23.4 Å². The van der Waals surface area contributed by atoms with Crippen LogP contribution in [-0.2, 0) is 0 Å². The summed E-state index contributed by atoms with van der Waals surface area (Å²) in [6.45, 7) is 10.2. The van der Waals surface area contributed by atoms with Crippen LogP contribution >= 0.6 is 0 Å². The lowest BCUT2D eigenvalue weighted by Crippen LogP contribution is -2.31. The first-order valence-corrected chi connectivity index (χ1v) is 5.40. The molecule has 3 heteroatoms. The normalized spacial score (nSPS) is 10.2. The van der Waals surface area contributed by atoms with Gasteiger partial charge in [-0.15, -0.1) is 6.58 Å². The predicted molar refractivity (Wildman–Crippen MR) is 66.9 cm³/mol. The average molecular weight is 218 g/mol. The minimum Gasteiger partial charge on any atom is -0.350 e. The van der Waals surface area contributed by atoms with Crippen molar-refractivity contribution in [1.29, 1.82) is 0 Å². The maximum absolute atomic E-state index is 11.1. The monoisotopic (exact) mass is 218 g/mol. The second-order valence-corrected chi connectivity index (χ2v) is 4.00. The van der Waals surface area contributed by atoms with E-state index in [1.807, 2.05) is 18.2 Å². The second-order valence-electron chi connectivity index (χ2n) is 4.00. The van der Waals surface area contributed by atoms with E-state index >= 15 is 0 Å². The van der Waals surface area contributed by atoms with Crippen molar-refractivity contribution >= 4 is 11.6 Å². The first-order chi connectivity index (χ1) is 7.56. The number of carbonyl (C=O) groups excluding carboxylic acids is 1. The quantitative estimate of drug-likeness (QED) is 0.562. The van der Waals surface area contributed by atoms with Crippen LogP contribution in [0.2, 0.25) is 0 Å². The fourth-order valence-electron chi connectivity index (χ4n) is 1.47. The van der Waals surface area contributed by atoms with E-state index in [1.165, 1.54) is 0 Å². The highest BCUT2D eigenvalue weighted by molar-refractivity contribution is 5.93. The standard InChI is InChI=1S/C13H18N2O/c1-5-8-15(10(2)3)13-7-6-12(9-14-13)11(4)16/h5-7,9-10H,1,8H2,2-4H3. The van der Waals surface area contributed by atoms with E-state index in [0.717, 1.165) is 12.4 Å². The van der Waals surface area contributed by atoms with Gasteiger partial charge in [-0.25, -0.2) is 4.98 Å². The molecule has 0 fully saturated rings. The summed E-state index contributed by atoms with van der Waals surface area (Å²) in [4.78, 5) is 17.5. The summed E-state index contributed by atoms with van der Waals surface area (Å²) in [5.74, 6) is 0.916. The van der Waals surface area contributed by atoms with Gasteiger partial charge in [0.2, 0.25) is 0 Å². The van der Waals surface area contributed by atoms with E-state index in [9.17, 15) is 4.79 Å². The van der Waals surface area contributed by atoms with Crippen LogP contribution in [0.4, 0.5) is 5.82 Å². The lowest BCUT2D eigenvalue weighted by atomic mass is 10.2. The van der Waals surface area contributed by atoms with E-state index < -0.39 is 0 Å². The molecule has 0 N–H and O–H groups in total. The highest BCUT2D eigenvalue weighted by Gasteiger charge is 2.10. The summed E-state index contributed by atoms with van der Waals surface area (Å²) < 4.78 is 0. The number of nitrogens with zero attached hydrogens (tertiary/aromatic N) is 2. The summed E-state index contributed by atoms with van der Waals surface area (Å²) >= 11 is 0. The third kappa shape index (κ3) is 2.92. The SMILES string of the molecule is C=CCN(c1ccc(C(C)=O)cn1)C(C)C. The Bertz CT molecular complexity index is 368. The van der Waals surface area contributed by atoms with Crippen LogP contribution in [0, 0.1) is 0 Å². The van der Waals surface area contributed by atoms with Gasteiger partial charge in [-0.1, -0.05) is 6.08 Å². The smallest absolute Gasteiger partial charge is 0.161 e. The molecule has 16 heavy (non-hydrogen) atoms. The van der Waals surface area contributed by atoms with Crippen molar-refractivity contribution in [3.8, 4) is 0 Å². The topological polar surface area (TPSA) is 33.2 Å². The van der Waals surface area contributed by atoms with Crippen molar-refractivity contribution < 1.29 is 4.79 Å². The van der Waals surface area contributed by atoms with Gasteiger partial charge in [0, 0.05) is 24.3 Å². The van der Waals surface area contributed by atoms with Crippen LogP contribution in [0.1, 0.15) is 31.1 Å². The number of ketones is 1. The Hall–Kier alpha value is -1.64. The number of aromatic nitrogens is 1. The Balaban J connectivity index is 2.93. The van der Waals surface area contributed by atoms with Crippen molar-refractivity contribution in [2.45, 2.75) is 26.8 Å². The summed E-state index contributed by atoms with van der Waals surface area (Å²) in [6, 6.07) is 4.04. The first-order valence-electron chi connectivity index (χ1n) is 5.40. The van der Waals surface area contributed by atoms with Crippen LogP contribution in [0.3, 0.4) is 0 Å².